The van der Waals surface area contributed by atoms with Crippen LogP contribution in [0, 0.1) is 0 Å². The molecule has 186 valence electrons. The molecule has 0 aliphatic carbocycles. The Morgan fingerprint density at radius 3 is 0.821 bits per heavy atom. The largest absolute Gasteiger partial charge is 0.457 e. The van der Waals surface area contributed by atoms with Crippen LogP contribution in [0.25, 0.3) is 32.3 Å². The van der Waals surface area contributed by atoms with Crippen molar-refractivity contribution in [2.75, 3.05) is 0 Å². The van der Waals surface area contributed by atoms with Gasteiger partial charge in [-0.15, -0.1) is 0 Å². The summed E-state index contributed by atoms with van der Waals surface area (Å²) in [4.78, 5) is 0. The van der Waals surface area contributed by atoms with Crippen molar-refractivity contribution in [1.82, 2.24) is 0 Å². The minimum Gasteiger partial charge on any atom is -0.457 e. The van der Waals surface area contributed by atoms with E-state index in [9.17, 15) is 0 Å². The molecule has 3 heteroatoms. The van der Waals surface area contributed by atoms with E-state index in [1.807, 2.05) is 91.0 Å². The third kappa shape index (κ3) is 4.98. The van der Waals surface area contributed by atoms with Crippen LogP contribution in [0.3, 0.4) is 0 Å². The molecular formula is C36H24O3. The van der Waals surface area contributed by atoms with Crippen molar-refractivity contribution in [3.8, 4) is 34.5 Å². The lowest BCUT2D eigenvalue weighted by molar-refractivity contribution is 0.440. The van der Waals surface area contributed by atoms with Crippen molar-refractivity contribution >= 4 is 32.3 Å². The van der Waals surface area contributed by atoms with Crippen LogP contribution in [0.4, 0.5) is 0 Å². The van der Waals surface area contributed by atoms with Crippen molar-refractivity contribution in [2.24, 2.45) is 0 Å². The molecule has 0 spiro atoms. The van der Waals surface area contributed by atoms with Crippen LogP contribution in [-0.4, -0.2) is 0 Å². The molecular weight excluding hydrogens is 480 g/mol. The summed E-state index contributed by atoms with van der Waals surface area (Å²) in [5, 5.41) is 6.85. The van der Waals surface area contributed by atoms with Gasteiger partial charge in [-0.3, -0.25) is 0 Å². The fraction of sp³-hybridized carbons (Fsp3) is 0. The molecule has 0 N–H and O–H groups in total. The second-order valence-electron chi connectivity index (χ2n) is 9.47. The van der Waals surface area contributed by atoms with Crippen molar-refractivity contribution < 1.29 is 14.2 Å². The van der Waals surface area contributed by atoms with Crippen LogP contribution < -0.4 is 14.2 Å². The van der Waals surface area contributed by atoms with Crippen LogP contribution >= 0.6 is 0 Å². The monoisotopic (exact) mass is 504 g/mol. The normalized spacial score (nSPS) is 11.1. The van der Waals surface area contributed by atoms with E-state index in [0.717, 1.165) is 33.4 Å². The van der Waals surface area contributed by atoms with E-state index >= 15 is 0 Å². The SMILES string of the molecule is c1ccc2cc(Oc3cc(Oc4ccc5ccccc5c4)cc(Oc4ccc5ccccc5c4)c3)ccc2c1. The molecule has 0 heterocycles. The van der Waals surface area contributed by atoms with E-state index in [2.05, 4.69) is 54.6 Å². The van der Waals surface area contributed by atoms with Gasteiger partial charge in [-0.2, -0.15) is 0 Å². The Balaban J connectivity index is 1.24. The van der Waals surface area contributed by atoms with Gasteiger partial charge in [-0.05, 0) is 68.7 Å². The highest BCUT2D eigenvalue weighted by atomic mass is 16.5. The van der Waals surface area contributed by atoms with Gasteiger partial charge in [-0.25, -0.2) is 0 Å². The first-order valence-corrected chi connectivity index (χ1v) is 12.9. The van der Waals surface area contributed by atoms with Crippen molar-refractivity contribution in [1.29, 1.82) is 0 Å². The molecule has 7 rings (SSSR count). The highest BCUT2D eigenvalue weighted by Crippen LogP contribution is 2.37. The van der Waals surface area contributed by atoms with Gasteiger partial charge < -0.3 is 14.2 Å². The van der Waals surface area contributed by atoms with Gasteiger partial charge in [0.15, 0.2) is 0 Å². The quantitative estimate of drug-likeness (QED) is 0.225. The smallest absolute Gasteiger partial charge is 0.134 e. The first-order valence-electron chi connectivity index (χ1n) is 12.9. The van der Waals surface area contributed by atoms with Gasteiger partial charge in [-0.1, -0.05) is 91.0 Å². The number of ether oxygens (including phenoxy) is 3. The Morgan fingerprint density at radius 2 is 0.513 bits per heavy atom. The lowest BCUT2D eigenvalue weighted by Crippen LogP contribution is -1.91. The molecule has 0 atom stereocenters. The van der Waals surface area contributed by atoms with Crippen LogP contribution in [0.5, 0.6) is 34.5 Å². The molecule has 0 fully saturated rings. The first-order chi connectivity index (χ1) is 19.2. The molecule has 0 amide bonds. The number of benzene rings is 7. The minimum atomic E-state index is 0.624. The molecule has 0 saturated carbocycles. The summed E-state index contributed by atoms with van der Waals surface area (Å²) in [6.07, 6.45) is 0. The highest BCUT2D eigenvalue weighted by Gasteiger charge is 2.10. The molecule has 39 heavy (non-hydrogen) atoms. The molecule has 0 bridgehead atoms. The molecule has 3 nitrogen and oxygen atoms in total. The average Bonchev–Trinajstić information content (AvgIpc) is 2.97. The Morgan fingerprint density at radius 1 is 0.231 bits per heavy atom. The standard InChI is InChI=1S/C36H24O3/c1-4-10-28-19-31(16-13-25(28)7-1)37-34-22-35(38-32-17-14-26-8-2-5-11-29(26)20-32)24-36(23-34)39-33-18-15-27-9-3-6-12-30(27)21-33/h1-24H. The average molecular weight is 505 g/mol. The van der Waals surface area contributed by atoms with Gasteiger partial charge in [0, 0.05) is 18.2 Å². The maximum atomic E-state index is 6.32. The van der Waals surface area contributed by atoms with Gasteiger partial charge in [0.2, 0.25) is 0 Å². The van der Waals surface area contributed by atoms with E-state index in [0.29, 0.717) is 17.2 Å². The maximum absolute atomic E-state index is 6.32. The first kappa shape index (κ1) is 22.9. The third-order valence-electron chi connectivity index (χ3n) is 6.72. The summed E-state index contributed by atoms with van der Waals surface area (Å²) in [6, 6.07) is 48.6. The number of rotatable bonds is 6. The second-order valence-corrected chi connectivity index (χ2v) is 9.47. The van der Waals surface area contributed by atoms with Gasteiger partial charge in [0.1, 0.15) is 34.5 Å². The predicted molar refractivity (Wildman–Crippen MR) is 159 cm³/mol. The maximum Gasteiger partial charge on any atom is 0.134 e. The molecule has 0 saturated heterocycles. The molecule has 7 aromatic carbocycles. The van der Waals surface area contributed by atoms with E-state index < -0.39 is 0 Å². The van der Waals surface area contributed by atoms with E-state index in [4.69, 9.17) is 14.2 Å². The predicted octanol–water partition coefficient (Wildman–Crippen LogP) is 10.5. The Kier molecular flexibility index (Phi) is 5.80. The van der Waals surface area contributed by atoms with Crippen LogP contribution in [0.1, 0.15) is 0 Å². The van der Waals surface area contributed by atoms with Crippen molar-refractivity contribution in [2.45, 2.75) is 0 Å². The molecule has 0 aliphatic rings. The van der Waals surface area contributed by atoms with Crippen molar-refractivity contribution in [3.63, 3.8) is 0 Å². The molecule has 7 aromatic rings. The van der Waals surface area contributed by atoms with Crippen molar-refractivity contribution in [3.05, 3.63) is 146 Å². The molecule has 0 aromatic heterocycles. The lowest BCUT2D eigenvalue weighted by Gasteiger charge is -2.14. The zero-order valence-electron chi connectivity index (χ0n) is 21.1. The van der Waals surface area contributed by atoms with E-state index in [-0.39, 0.29) is 0 Å². The molecule has 0 aliphatic heterocycles. The fourth-order valence-corrected chi connectivity index (χ4v) is 4.82. The summed E-state index contributed by atoms with van der Waals surface area (Å²) in [6.45, 7) is 0. The van der Waals surface area contributed by atoms with Gasteiger partial charge in [0.05, 0.1) is 0 Å². The summed E-state index contributed by atoms with van der Waals surface area (Å²) >= 11 is 0. The highest BCUT2D eigenvalue weighted by molar-refractivity contribution is 5.85. The zero-order valence-corrected chi connectivity index (χ0v) is 21.1. The number of hydrogen-bond acceptors (Lipinski definition) is 3. The number of hydrogen-bond donors (Lipinski definition) is 0. The topological polar surface area (TPSA) is 27.7 Å². The zero-order chi connectivity index (χ0) is 26.0. The summed E-state index contributed by atoms with van der Waals surface area (Å²) < 4.78 is 19.0. The number of fused-ring (bicyclic) bond motifs is 3. The lowest BCUT2D eigenvalue weighted by atomic mass is 10.1. The van der Waals surface area contributed by atoms with Crippen LogP contribution in [-0.2, 0) is 0 Å². The summed E-state index contributed by atoms with van der Waals surface area (Å²) in [5.74, 6) is 4.10. The van der Waals surface area contributed by atoms with Crippen LogP contribution in [0.2, 0.25) is 0 Å². The van der Waals surface area contributed by atoms with E-state index in [1.165, 1.54) is 16.2 Å². The van der Waals surface area contributed by atoms with Gasteiger partial charge >= 0.3 is 0 Å². The second kappa shape index (κ2) is 9.88. The van der Waals surface area contributed by atoms with E-state index in [1.54, 1.807) is 0 Å². The third-order valence-corrected chi connectivity index (χ3v) is 6.72. The Bertz CT molecular complexity index is 1720. The Labute approximate surface area is 226 Å². The summed E-state index contributed by atoms with van der Waals surface area (Å²) in [7, 11) is 0. The fourth-order valence-electron chi connectivity index (χ4n) is 4.82. The Hall–Kier alpha value is -5.28. The molecule has 0 radical (unpaired) electrons. The summed E-state index contributed by atoms with van der Waals surface area (Å²) in [5.41, 5.74) is 0. The minimum absolute atomic E-state index is 0.624. The van der Waals surface area contributed by atoms with Crippen LogP contribution in [0.15, 0.2) is 146 Å². The molecule has 0 unspecified atom stereocenters. The van der Waals surface area contributed by atoms with Gasteiger partial charge in [0.25, 0.3) is 0 Å².